The van der Waals surface area contributed by atoms with Crippen LogP contribution in [0.25, 0.3) is 0 Å². The molecule has 4 heteroatoms. The number of nitrogens with two attached hydrogens (primary N) is 1. The van der Waals surface area contributed by atoms with Gasteiger partial charge < -0.3 is 15.8 Å². The second kappa shape index (κ2) is 6.40. The number of hydrogen-bond acceptors (Lipinski definition) is 3. The summed E-state index contributed by atoms with van der Waals surface area (Å²) in [5.74, 6) is 0.665. The Kier molecular flexibility index (Phi) is 5.16. The summed E-state index contributed by atoms with van der Waals surface area (Å²) < 4.78 is 5.58. The van der Waals surface area contributed by atoms with E-state index < -0.39 is 0 Å². The maximum Gasteiger partial charge on any atom is 0.258 e. The molecule has 100 valence electrons. The van der Waals surface area contributed by atoms with E-state index in [0.717, 1.165) is 22.4 Å². The summed E-state index contributed by atoms with van der Waals surface area (Å²) in [5.41, 5.74) is 8.70. The zero-order valence-corrected chi connectivity index (χ0v) is 11.5. The average Bonchev–Trinajstić information content (AvgIpc) is 2.26. The number of carbonyl (C=O) groups excluding carboxylic acids is 1. The van der Waals surface area contributed by atoms with Crippen LogP contribution in [0.5, 0.6) is 5.75 Å². The number of hydrogen-bond donors (Lipinski definition) is 2. The van der Waals surface area contributed by atoms with Crippen molar-refractivity contribution in [1.82, 2.24) is 5.32 Å². The van der Waals surface area contributed by atoms with Crippen molar-refractivity contribution in [2.75, 3.05) is 6.61 Å². The Labute approximate surface area is 109 Å². The lowest BCUT2D eigenvalue weighted by molar-refractivity contribution is -0.123. The minimum Gasteiger partial charge on any atom is -0.483 e. The summed E-state index contributed by atoms with van der Waals surface area (Å²) in [6.45, 7) is 8.32. The van der Waals surface area contributed by atoms with E-state index in [0.29, 0.717) is 6.54 Å². The summed E-state index contributed by atoms with van der Waals surface area (Å²) >= 11 is 0. The third-order valence-corrected chi connectivity index (χ3v) is 2.55. The molecule has 1 aromatic rings. The van der Waals surface area contributed by atoms with Crippen molar-refractivity contribution in [2.45, 2.75) is 40.3 Å². The van der Waals surface area contributed by atoms with Gasteiger partial charge >= 0.3 is 0 Å². The molecule has 1 aromatic carbocycles. The third-order valence-electron chi connectivity index (χ3n) is 2.55. The second-order valence-electron chi connectivity index (χ2n) is 4.77. The molecule has 0 saturated heterocycles. The van der Waals surface area contributed by atoms with Crippen LogP contribution in [-0.2, 0) is 11.3 Å². The van der Waals surface area contributed by atoms with Crippen molar-refractivity contribution in [3.63, 3.8) is 0 Å². The first-order valence-corrected chi connectivity index (χ1v) is 6.16. The van der Waals surface area contributed by atoms with Gasteiger partial charge in [0.1, 0.15) is 5.75 Å². The lowest BCUT2D eigenvalue weighted by Gasteiger charge is -2.14. The molecule has 0 aliphatic carbocycles. The molecule has 0 aromatic heterocycles. The molecule has 0 saturated carbocycles. The zero-order valence-electron chi connectivity index (χ0n) is 11.5. The molecule has 0 radical (unpaired) electrons. The Morgan fingerprint density at radius 1 is 1.33 bits per heavy atom. The third kappa shape index (κ3) is 4.04. The van der Waals surface area contributed by atoms with E-state index >= 15 is 0 Å². The van der Waals surface area contributed by atoms with Gasteiger partial charge in [-0.2, -0.15) is 0 Å². The van der Waals surface area contributed by atoms with E-state index in [9.17, 15) is 4.79 Å². The van der Waals surface area contributed by atoms with E-state index in [2.05, 4.69) is 5.32 Å². The molecule has 3 N–H and O–H groups in total. The zero-order chi connectivity index (χ0) is 13.7. The van der Waals surface area contributed by atoms with E-state index in [-0.39, 0.29) is 18.6 Å². The van der Waals surface area contributed by atoms with Gasteiger partial charge in [-0.25, -0.2) is 0 Å². The molecule has 0 atom stereocenters. The van der Waals surface area contributed by atoms with E-state index in [1.54, 1.807) is 0 Å². The fraction of sp³-hybridized carbons (Fsp3) is 0.500. The van der Waals surface area contributed by atoms with Gasteiger partial charge in [-0.3, -0.25) is 4.79 Å². The Bertz CT molecular complexity index is 405. The van der Waals surface area contributed by atoms with Gasteiger partial charge in [0, 0.05) is 12.6 Å². The molecule has 0 spiro atoms. The number of aryl methyl sites for hydroxylation is 2. The fourth-order valence-electron chi connectivity index (χ4n) is 1.89. The minimum absolute atomic E-state index is 0.0435. The molecule has 0 aliphatic rings. The minimum atomic E-state index is -0.105. The van der Waals surface area contributed by atoms with Gasteiger partial charge in [-0.05, 0) is 44.4 Å². The average molecular weight is 250 g/mol. The van der Waals surface area contributed by atoms with E-state index in [1.807, 2.05) is 39.8 Å². The molecule has 0 aliphatic heterocycles. The van der Waals surface area contributed by atoms with Crippen LogP contribution in [0, 0.1) is 13.8 Å². The van der Waals surface area contributed by atoms with Crippen molar-refractivity contribution >= 4 is 5.91 Å². The molecular formula is C14H22N2O2. The Hall–Kier alpha value is -1.55. The first kappa shape index (κ1) is 14.5. The van der Waals surface area contributed by atoms with Gasteiger partial charge in [0.25, 0.3) is 5.91 Å². The Morgan fingerprint density at radius 2 is 1.89 bits per heavy atom. The maximum atomic E-state index is 11.5. The molecule has 18 heavy (non-hydrogen) atoms. The lowest BCUT2D eigenvalue weighted by Crippen LogP contribution is -2.34. The predicted octanol–water partition coefficient (Wildman–Crippen LogP) is 1.67. The van der Waals surface area contributed by atoms with Crippen LogP contribution in [0.2, 0.25) is 0 Å². The number of carbonyl (C=O) groups is 1. The van der Waals surface area contributed by atoms with Gasteiger partial charge in [0.2, 0.25) is 0 Å². The largest absolute Gasteiger partial charge is 0.483 e. The molecule has 0 unspecified atom stereocenters. The van der Waals surface area contributed by atoms with Crippen molar-refractivity contribution in [2.24, 2.45) is 5.73 Å². The van der Waals surface area contributed by atoms with Crippen LogP contribution < -0.4 is 15.8 Å². The first-order valence-electron chi connectivity index (χ1n) is 6.16. The number of ether oxygens (including phenoxy) is 1. The van der Waals surface area contributed by atoms with Crippen LogP contribution in [0.1, 0.15) is 30.5 Å². The normalized spacial score (nSPS) is 10.6. The van der Waals surface area contributed by atoms with Crippen molar-refractivity contribution < 1.29 is 9.53 Å². The van der Waals surface area contributed by atoms with Crippen LogP contribution in [0.15, 0.2) is 12.1 Å². The molecule has 1 amide bonds. The molecular weight excluding hydrogens is 228 g/mol. The van der Waals surface area contributed by atoms with E-state index in [4.69, 9.17) is 10.5 Å². The van der Waals surface area contributed by atoms with Crippen LogP contribution in [0.4, 0.5) is 0 Å². The molecule has 0 bridgehead atoms. The SMILES string of the molecule is Cc1cc(CN)cc(C)c1OCC(=O)NC(C)C. The highest BCUT2D eigenvalue weighted by molar-refractivity contribution is 5.77. The maximum absolute atomic E-state index is 11.5. The van der Waals surface area contributed by atoms with Crippen LogP contribution in [0.3, 0.4) is 0 Å². The van der Waals surface area contributed by atoms with Gasteiger partial charge in [0.15, 0.2) is 6.61 Å². The predicted molar refractivity (Wildman–Crippen MR) is 72.6 cm³/mol. The fourth-order valence-corrected chi connectivity index (χ4v) is 1.89. The Balaban J connectivity index is 2.70. The summed E-state index contributed by atoms with van der Waals surface area (Å²) in [4.78, 5) is 11.5. The smallest absolute Gasteiger partial charge is 0.258 e. The molecule has 0 fully saturated rings. The summed E-state index contributed by atoms with van der Waals surface area (Å²) in [6.07, 6.45) is 0. The summed E-state index contributed by atoms with van der Waals surface area (Å²) in [7, 11) is 0. The highest BCUT2D eigenvalue weighted by Crippen LogP contribution is 2.24. The Morgan fingerprint density at radius 3 is 2.33 bits per heavy atom. The van der Waals surface area contributed by atoms with Crippen molar-refractivity contribution in [3.05, 3.63) is 28.8 Å². The van der Waals surface area contributed by atoms with E-state index in [1.165, 1.54) is 0 Å². The highest BCUT2D eigenvalue weighted by Gasteiger charge is 2.09. The van der Waals surface area contributed by atoms with Gasteiger partial charge in [0.05, 0.1) is 0 Å². The standard InChI is InChI=1S/C14H22N2O2/c1-9(2)16-13(17)8-18-14-10(3)5-12(7-15)6-11(14)4/h5-6,9H,7-8,15H2,1-4H3,(H,16,17). The first-order chi connectivity index (χ1) is 8.43. The highest BCUT2D eigenvalue weighted by atomic mass is 16.5. The monoisotopic (exact) mass is 250 g/mol. The number of amides is 1. The lowest BCUT2D eigenvalue weighted by atomic mass is 10.1. The molecule has 1 rings (SSSR count). The quantitative estimate of drug-likeness (QED) is 0.835. The summed E-state index contributed by atoms with van der Waals surface area (Å²) in [6, 6.07) is 4.11. The summed E-state index contributed by atoms with van der Waals surface area (Å²) in [5, 5.41) is 2.79. The van der Waals surface area contributed by atoms with Crippen LogP contribution in [-0.4, -0.2) is 18.6 Å². The molecule has 4 nitrogen and oxygen atoms in total. The number of benzene rings is 1. The molecule has 0 heterocycles. The van der Waals surface area contributed by atoms with Crippen molar-refractivity contribution in [3.8, 4) is 5.75 Å². The topological polar surface area (TPSA) is 64.3 Å². The van der Waals surface area contributed by atoms with Gasteiger partial charge in [-0.1, -0.05) is 12.1 Å². The second-order valence-corrected chi connectivity index (χ2v) is 4.77. The van der Waals surface area contributed by atoms with Crippen LogP contribution >= 0.6 is 0 Å². The number of nitrogens with one attached hydrogen (secondary N) is 1. The van der Waals surface area contributed by atoms with Gasteiger partial charge in [-0.15, -0.1) is 0 Å². The number of rotatable bonds is 5. The van der Waals surface area contributed by atoms with Crippen molar-refractivity contribution in [1.29, 1.82) is 0 Å².